The molecule has 144 valence electrons. The molecule has 2 rings (SSSR count). The van der Waals surface area contributed by atoms with E-state index in [4.69, 9.17) is 14.7 Å². The van der Waals surface area contributed by atoms with Crippen LogP contribution >= 0.6 is 0 Å². The van der Waals surface area contributed by atoms with Gasteiger partial charge in [-0.1, -0.05) is 19.3 Å². The Bertz CT molecular complexity index is 557. The molecule has 0 aromatic carbocycles. The minimum atomic E-state index is -0.676. The summed E-state index contributed by atoms with van der Waals surface area (Å²) in [4.78, 5) is 24.6. The SMILES string of the molecule is N#CCCCCCCCC1CC(O)=C(C(=O)CC2CCOCC2)C(=O)O1. The van der Waals surface area contributed by atoms with Crippen LogP contribution in [-0.4, -0.2) is 36.2 Å². The highest BCUT2D eigenvalue weighted by molar-refractivity contribution is 6.18. The molecular weight excluding hydrogens is 334 g/mol. The third-order valence-corrected chi connectivity index (χ3v) is 5.10. The molecule has 6 heteroatoms. The summed E-state index contributed by atoms with van der Waals surface area (Å²) >= 11 is 0. The molecule has 0 spiro atoms. The summed E-state index contributed by atoms with van der Waals surface area (Å²) < 4.78 is 10.7. The van der Waals surface area contributed by atoms with Gasteiger partial charge in [0.25, 0.3) is 0 Å². The average molecular weight is 363 g/mol. The van der Waals surface area contributed by atoms with E-state index in [1.807, 2.05) is 0 Å². The number of aliphatic hydroxyl groups is 1. The third-order valence-electron chi connectivity index (χ3n) is 5.10. The summed E-state index contributed by atoms with van der Waals surface area (Å²) in [5.41, 5.74) is -0.149. The number of hydrogen-bond acceptors (Lipinski definition) is 6. The molecule has 2 aliphatic rings. The van der Waals surface area contributed by atoms with Gasteiger partial charge in [0.15, 0.2) is 5.78 Å². The fraction of sp³-hybridized carbons (Fsp3) is 0.750. The van der Waals surface area contributed by atoms with Gasteiger partial charge in [0, 0.05) is 32.5 Å². The first kappa shape index (κ1) is 20.4. The lowest BCUT2D eigenvalue weighted by atomic mass is 9.90. The number of nitrogens with zero attached hydrogens (tertiary/aromatic N) is 1. The van der Waals surface area contributed by atoms with Crippen molar-refractivity contribution in [3.05, 3.63) is 11.3 Å². The quantitative estimate of drug-likeness (QED) is 0.361. The van der Waals surface area contributed by atoms with Gasteiger partial charge in [-0.25, -0.2) is 4.79 Å². The number of carbonyl (C=O) groups is 2. The fourth-order valence-electron chi connectivity index (χ4n) is 3.54. The van der Waals surface area contributed by atoms with Crippen LogP contribution in [0.5, 0.6) is 0 Å². The lowest BCUT2D eigenvalue weighted by Crippen LogP contribution is -2.31. The molecule has 1 unspecified atom stereocenters. The molecule has 2 aliphatic heterocycles. The molecule has 1 fully saturated rings. The van der Waals surface area contributed by atoms with E-state index in [9.17, 15) is 14.7 Å². The zero-order valence-corrected chi connectivity index (χ0v) is 15.4. The van der Waals surface area contributed by atoms with Crippen molar-refractivity contribution in [3.63, 3.8) is 0 Å². The Balaban J connectivity index is 1.75. The highest BCUT2D eigenvalue weighted by Crippen LogP contribution is 2.27. The Morgan fingerprint density at radius 2 is 1.85 bits per heavy atom. The highest BCUT2D eigenvalue weighted by Gasteiger charge is 2.34. The van der Waals surface area contributed by atoms with Crippen LogP contribution in [-0.2, 0) is 19.1 Å². The van der Waals surface area contributed by atoms with Crippen molar-refractivity contribution in [1.82, 2.24) is 0 Å². The van der Waals surface area contributed by atoms with Crippen molar-refractivity contribution in [3.8, 4) is 6.07 Å². The Morgan fingerprint density at radius 1 is 1.15 bits per heavy atom. The summed E-state index contributed by atoms with van der Waals surface area (Å²) in [5, 5.41) is 18.7. The van der Waals surface area contributed by atoms with Crippen molar-refractivity contribution in [2.24, 2.45) is 5.92 Å². The van der Waals surface area contributed by atoms with Gasteiger partial charge in [0.05, 0.1) is 6.07 Å². The zero-order valence-electron chi connectivity index (χ0n) is 15.4. The maximum absolute atomic E-state index is 12.4. The van der Waals surface area contributed by atoms with Crippen LogP contribution in [0.4, 0.5) is 0 Å². The van der Waals surface area contributed by atoms with E-state index in [0.29, 0.717) is 26.1 Å². The number of esters is 1. The molecule has 1 N–H and O–H groups in total. The van der Waals surface area contributed by atoms with Crippen LogP contribution in [0.25, 0.3) is 0 Å². The van der Waals surface area contributed by atoms with Gasteiger partial charge in [-0.2, -0.15) is 5.26 Å². The predicted octanol–water partition coefficient (Wildman–Crippen LogP) is 3.75. The third kappa shape index (κ3) is 6.45. The normalized spacial score (nSPS) is 21.3. The fourth-order valence-corrected chi connectivity index (χ4v) is 3.54. The topological polar surface area (TPSA) is 96.6 Å². The van der Waals surface area contributed by atoms with E-state index >= 15 is 0 Å². The molecule has 6 nitrogen and oxygen atoms in total. The average Bonchev–Trinajstić information content (AvgIpc) is 2.61. The van der Waals surface area contributed by atoms with Gasteiger partial charge in [-0.3, -0.25) is 4.79 Å². The first-order valence-corrected chi connectivity index (χ1v) is 9.72. The van der Waals surface area contributed by atoms with Gasteiger partial charge >= 0.3 is 5.97 Å². The van der Waals surface area contributed by atoms with Crippen LogP contribution in [0, 0.1) is 17.2 Å². The van der Waals surface area contributed by atoms with Crippen molar-refractivity contribution in [1.29, 1.82) is 5.26 Å². The smallest absolute Gasteiger partial charge is 0.345 e. The summed E-state index contributed by atoms with van der Waals surface area (Å²) in [7, 11) is 0. The highest BCUT2D eigenvalue weighted by atomic mass is 16.5. The van der Waals surface area contributed by atoms with Gasteiger partial charge < -0.3 is 14.6 Å². The number of aliphatic hydroxyl groups excluding tert-OH is 1. The molecule has 26 heavy (non-hydrogen) atoms. The second-order valence-corrected chi connectivity index (χ2v) is 7.20. The van der Waals surface area contributed by atoms with Gasteiger partial charge in [0.1, 0.15) is 17.4 Å². The monoisotopic (exact) mass is 363 g/mol. The molecule has 2 heterocycles. The number of nitriles is 1. The van der Waals surface area contributed by atoms with Gasteiger partial charge in [0.2, 0.25) is 0 Å². The van der Waals surface area contributed by atoms with E-state index in [2.05, 4.69) is 6.07 Å². The van der Waals surface area contributed by atoms with Crippen LogP contribution < -0.4 is 0 Å². The first-order chi connectivity index (χ1) is 12.6. The minimum absolute atomic E-state index is 0.114. The predicted molar refractivity (Wildman–Crippen MR) is 95.3 cm³/mol. The van der Waals surface area contributed by atoms with E-state index in [0.717, 1.165) is 44.9 Å². The zero-order chi connectivity index (χ0) is 18.8. The molecule has 1 saturated heterocycles. The molecular formula is C20H29NO5. The molecule has 0 radical (unpaired) electrons. The second kappa shape index (κ2) is 11.0. The van der Waals surface area contributed by atoms with Crippen LogP contribution in [0.2, 0.25) is 0 Å². The Hall–Kier alpha value is -1.87. The lowest BCUT2D eigenvalue weighted by Gasteiger charge is -2.25. The number of carbonyl (C=O) groups excluding carboxylic acids is 2. The van der Waals surface area contributed by atoms with Crippen molar-refractivity contribution < 1.29 is 24.2 Å². The lowest BCUT2D eigenvalue weighted by molar-refractivity contribution is -0.148. The molecule has 0 bridgehead atoms. The maximum atomic E-state index is 12.4. The number of Topliss-reactive ketones (excluding diaryl/α,β-unsaturated/α-hetero) is 1. The summed E-state index contributed by atoms with van der Waals surface area (Å²) in [6.45, 7) is 1.29. The maximum Gasteiger partial charge on any atom is 0.345 e. The minimum Gasteiger partial charge on any atom is -0.511 e. The molecule has 0 aromatic rings. The summed E-state index contributed by atoms with van der Waals surface area (Å²) in [6.07, 6.45) is 8.00. The van der Waals surface area contributed by atoms with Crippen LogP contribution in [0.1, 0.15) is 70.6 Å². The molecule has 0 aliphatic carbocycles. The van der Waals surface area contributed by atoms with Crippen LogP contribution in [0.3, 0.4) is 0 Å². The van der Waals surface area contributed by atoms with Crippen molar-refractivity contribution in [2.75, 3.05) is 13.2 Å². The number of hydrogen-bond donors (Lipinski definition) is 1. The molecule has 0 aromatic heterocycles. The second-order valence-electron chi connectivity index (χ2n) is 7.20. The first-order valence-electron chi connectivity index (χ1n) is 9.72. The number of rotatable bonds is 10. The standard InChI is InChI=1S/C20H29NO5/c21-10-6-4-2-1-3-5-7-16-14-18(23)19(20(24)26-16)17(22)13-15-8-11-25-12-9-15/h15-16,23H,1-9,11-14H2. The number of cyclic esters (lactones) is 1. The molecule has 0 saturated carbocycles. The number of ether oxygens (including phenoxy) is 2. The molecule has 1 atom stereocenters. The van der Waals surface area contributed by atoms with E-state index in [1.165, 1.54) is 0 Å². The van der Waals surface area contributed by atoms with Gasteiger partial charge in [-0.15, -0.1) is 0 Å². The Labute approximate surface area is 155 Å². The van der Waals surface area contributed by atoms with E-state index < -0.39 is 5.97 Å². The van der Waals surface area contributed by atoms with Gasteiger partial charge in [-0.05, 0) is 38.0 Å². The number of unbranched alkanes of at least 4 members (excludes halogenated alkanes) is 5. The van der Waals surface area contributed by atoms with E-state index in [-0.39, 0.29) is 42.0 Å². The number of ketones is 1. The Morgan fingerprint density at radius 3 is 2.54 bits per heavy atom. The summed E-state index contributed by atoms with van der Waals surface area (Å²) in [6, 6.07) is 2.13. The largest absolute Gasteiger partial charge is 0.511 e. The Kier molecular flexibility index (Phi) is 8.63. The summed E-state index contributed by atoms with van der Waals surface area (Å²) in [5.74, 6) is -0.888. The van der Waals surface area contributed by atoms with Crippen molar-refractivity contribution >= 4 is 11.8 Å². The van der Waals surface area contributed by atoms with E-state index in [1.54, 1.807) is 0 Å². The molecule has 0 amide bonds. The van der Waals surface area contributed by atoms with Crippen LogP contribution in [0.15, 0.2) is 11.3 Å². The van der Waals surface area contributed by atoms with Crippen molar-refractivity contribution in [2.45, 2.75) is 76.7 Å².